The van der Waals surface area contributed by atoms with Gasteiger partial charge in [-0.25, -0.2) is 0 Å². The minimum atomic E-state index is -0.753. The SMILES string of the molecule is Cc1cc(C)c2c(c1)C(=O)CC1(CCN(C(=O)c3cc([N+](=O)[O-])cc([N+](=O)[O-])c3C)CC1)O2. The first kappa shape index (κ1) is 22.4. The van der Waals surface area contributed by atoms with Gasteiger partial charge in [-0.3, -0.25) is 29.8 Å². The van der Waals surface area contributed by atoms with Crippen LogP contribution in [0.25, 0.3) is 0 Å². The molecule has 0 aromatic heterocycles. The van der Waals surface area contributed by atoms with Gasteiger partial charge in [0.05, 0.1) is 33.5 Å². The number of non-ortho nitro benzene ring substituents is 1. The van der Waals surface area contributed by atoms with Crippen molar-refractivity contribution in [1.82, 2.24) is 4.90 Å². The maximum Gasteiger partial charge on any atom is 0.279 e. The number of aryl methyl sites for hydroxylation is 2. The van der Waals surface area contributed by atoms with E-state index in [2.05, 4.69) is 0 Å². The second-order valence-corrected chi connectivity index (χ2v) is 8.79. The highest BCUT2D eigenvalue weighted by Gasteiger charge is 2.44. The molecule has 2 aromatic rings. The molecule has 1 spiro atoms. The van der Waals surface area contributed by atoms with Gasteiger partial charge >= 0.3 is 0 Å². The summed E-state index contributed by atoms with van der Waals surface area (Å²) in [6, 6.07) is 5.73. The lowest BCUT2D eigenvalue weighted by Gasteiger charge is -2.44. The van der Waals surface area contributed by atoms with Crippen molar-refractivity contribution in [3.8, 4) is 5.75 Å². The maximum absolute atomic E-state index is 13.2. The number of nitro groups is 2. The van der Waals surface area contributed by atoms with Crippen LogP contribution < -0.4 is 4.74 Å². The van der Waals surface area contributed by atoms with Gasteiger partial charge < -0.3 is 9.64 Å². The van der Waals surface area contributed by atoms with Crippen molar-refractivity contribution in [1.29, 1.82) is 0 Å². The predicted octanol–water partition coefficient (Wildman–Crippen LogP) is 4.07. The Morgan fingerprint density at radius 1 is 1.03 bits per heavy atom. The number of fused-ring (bicyclic) bond motifs is 1. The lowest BCUT2D eigenvalue weighted by atomic mass is 9.81. The van der Waals surface area contributed by atoms with Crippen LogP contribution in [-0.4, -0.2) is 45.1 Å². The van der Waals surface area contributed by atoms with E-state index in [1.807, 2.05) is 26.0 Å². The lowest BCUT2D eigenvalue weighted by Crippen LogP contribution is -2.52. The number of nitro benzene ring substituents is 2. The number of ketones is 1. The molecule has 0 N–H and O–H groups in total. The molecule has 0 aliphatic carbocycles. The summed E-state index contributed by atoms with van der Waals surface area (Å²) >= 11 is 0. The normalized spacial score (nSPS) is 16.8. The summed E-state index contributed by atoms with van der Waals surface area (Å²) in [5.74, 6) is 0.0817. The molecule has 10 heteroatoms. The first-order chi connectivity index (χ1) is 15.5. The predicted molar refractivity (Wildman–Crippen MR) is 118 cm³/mol. The molecule has 1 saturated heterocycles. The Morgan fingerprint density at radius 3 is 2.30 bits per heavy atom. The number of hydrogen-bond acceptors (Lipinski definition) is 7. The molecular formula is C23H23N3O7. The minimum Gasteiger partial charge on any atom is -0.486 e. The second kappa shape index (κ2) is 7.95. The number of hydrogen-bond donors (Lipinski definition) is 0. The number of rotatable bonds is 3. The van der Waals surface area contributed by atoms with Gasteiger partial charge in [0.15, 0.2) is 5.78 Å². The molecule has 0 radical (unpaired) electrons. The van der Waals surface area contributed by atoms with E-state index >= 15 is 0 Å². The van der Waals surface area contributed by atoms with E-state index in [4.69, 9.17) is 4.74 Å². The Bertz CT molecular complexity index is 1210. The second-order valence-electron chi connectivity index (χ2n) is 8.79. The van der Waals surface area contributed by atoms with Crippen LogP contribution in [0.2, 0.25) is 0 Å². The third-order valence-electron chi connectivity index (χ3n) is 6.49. The summed E-state index contributed by atoms with van der Waals surface area (Å²) in [4.78, 5) is 48.6. The zero-order valence-corrected chi connectivity index (χ0v) is 18.5. The summed E-state index contributed by atoms with van der Waals surface area (Å²) in [5.41, 5.74) is 0.777. The van der Waals surface area contributed by atoms with E-state index in [9.17, 15) is 29.8 Å². The van der Waals surface area contributed by atoms with Crippen LogP contribution in [-0.2, 0) is 0 Å². The summed E-state index contributed by atoms with van der Waals surface area (Å²) in [5, 5.41) is 22.6. The standard InChI is InChI=1S/C23H23N3O7/c1-13-8-14(2)21-18(9-13)20(27)12-23(33-21)4-6-24(7-5-23)22(28)17-10-16(25(29)30)11-19(15(17)3)26(31)32/h8-11H,4-7,12H2,1-3H3. The Balaban J connectivity index is 1.58. The topological polar surface area (TPSA) is 133 Å². The third-order valence-corrected chi connectivity index (χ3v) is 6.49. The highest BCUT2D eigenvalue weighted by Crippen LogP contribution is 2.42. The highest BCUT2D eigenvalue weighted by atomic mass is 16.6. The molecule has 0 atom stereocenters. The van der Waals surface area contributed by atoms with Crippen LogP contribution in [0.15, 0.2) is 24.3 Å². The Morgan fingerprint density at radius 2 is 1.70 bits per heavy atom. The fraction of sp³-hybridized carbons (Fsp3) is 0.391. The van der Waals surface area contributed by atoms with Gasteiger partial charge in [0.2, 0.25) is 0 Å². The van der Waals surface area contributed by atoms with Gasteiger partial charge in [0.1, 0.15) is 11.4 Å². The molecule has 2 aromatic carbocycles. The van der Waals surface area contributed by atoms with Crippen LogP contribution >= 0.6 is 0 Å². The first-order valence-electron chi connectivity index (χ1n) is 10.6. The molecule has 0 saturated carbocycles. The van der Waals surface area contributed by atoms with E-state index in [0.29, 0.717) is 24.2 Å². The van der Waals surface area contributed by atoms with E-state index in [-0.39, 0.29) is 36.4 Å². The van der Waals surface area contributed by atoms with Crippen molar-refractivity contribution in [2.24, 2.45) is 0 Å². The molecule has 1 fully saturated rings. The van der Waals surface area contributed by atoms with Crippen LogP contribution in [0, 0.1) is 41.0 Å². The van der Waals surface area contributed by atoms with Crippen molar-refractivity contribution >= 4 is 23.1 Å². The van der Waals surface area contributed by atoms with E-state index < -0.39 is 32.7 Å². The van der Waals surface area contributed by atoms with Crippen LogP contribution in [0.1, 0.15) is 56.7 Å². The van der Waals surface area contributed by atoms with Crippen molar-refractivity contribution in [2.45, 2.75) is 45.6 Å². The van der Waals surface area contributed by atoms with Gasteiger partial charge in [-0.2, -0.15) is 0 Å². The summed E-state index contributed by atoms with van der Waals surface area (Å²) < 4.78 is 6.34. The Hall–Kier alpha value is -3.82. The molecule has 2 heterocycles. The van der Waals surface area contributed by atoms with Gasteiger partial charge in [0.25, 0.3) is 17.3 Å². The van der Waals surface area contributed by atoms with Gasteiger partial charge in [-0.05, 0) is 38.0 Å². The zero-order chi connectivity index (χ0) is 24.1. The number of piperidine rings is 1. The van der Waals surface area contributed by atoms with Crippen LogP contribution in [0.3, 0.4) is 0 Å². The summed E-state index contributed by atoms with van der Waals surface area (Å²) in [6.07, 6.45) is 1.03. The molecular weight excluding hydrogens is 430 g/mol. The molecule has 33 heavy (non-hydrogen) atoms. The van der Waals surface area contributed by atoms with Crippen LogP contribution in [0.5, 0.6) is 5.75 Å². The van der Waals surface area contributed by atoms with Crippen molar-refractivity contribution < 1.29 is 24.2 Å². The number of amides is 1. The highest BCUT2D eigenvalue weighted by molar-refractivity contribution is 6.01. The number of ether oxygens (including phenoxy) is 1. The maximum atomic E-state index is 13.2. The molecule has 1 amide bonds. The lowest BCUT2D eigenvalue weighted by molar-refractivity contribution is -0.394. The molecule has 10 nitrogen and oxygen atoms in total. The van der Waals surface area contributed by atoms with Crippen molar-refractivity contribution in [3.05, 3.63) is 72.3 Å². The number of carbonyl (C=O) groups is 2. The number of carbonyl (C=O) groups excluding carboxylic acids is 2. The van der Waals surface area contributed by atoms with Crippen LogP contribution in [0.4, 0.5) is 11.4 Å². The number of nitrogens with zero attached hydrogens (tertiary/aromatic N) is 3. The molecule has 2 aliphatic rings. The Labute approximate surface area is 189 Å². The molecule has 2 aliphatic heterocycles. The average Bonchev–Trinajstić information content (AvgIpc) is 2.74. The van der Waals surface area contributed by atoms with Gasteiger partial charge in [-0.15, -0.1) is 0 Å². The van der Waals surface area contributed by atoms with Gasteiger partial charge in [-0.1, -0.05) is 6.07 Å². The number of Topliss-reactive ketones (excluding diaryl/α,β-unsaturated/α-hetero) is 1. The summed E-state index contributed by atoms with van der Waals surface area (Å²) in [7, 11) is 0. The zero-order valence-electron chi connectivity index (χ0n) is 18.5. The molecule has 0 bridgehead atoms. The minimum absolute atomic E-state index is 0.00739. The Kier molecular flexibility index (Phi) is 5.39. The molecule has 172 valence electrons. The third kappa shape index (κ3) is 3.92. The number of likely N-dealkylation sites (tertiary alicyclic amines) is 1. The van der Waals surface area contributed by atoms with E-state index in [0.717, 1.165) is 23.3 Å². The monoisotopic (exact) mass is 453 g/mol. The molecule has 0 unspecified atom stereocenters. The smallest absolute Gasteiger partial charge is 0.279 e. The average molecular weight is 453 g/mol. The van der Waals surface area contributed by atoms with E-state index in [1.165, 1.54) is 11.8 Å². The van der Waals surface area contributed by atoms with Crippen molar-refractivity contribution in [3.63, 3.8) is 0 Å². The van der Waals surface area contributed by atoms with Crippen molar-refractivity contribution in [2.75, 3.05) is 13.1 Å². The van der Waals surface area contributed by atoms with E-state index in [1.54, 1.807) is 0 Å². The fourth-order valence-corrected chi connectivity index (χ4v) is 4.71. The molecule has 4 rings (SSSR count). The fourth-order valence-electron chi connectivity index (χ4n) is 4.71. The number of benzene rings is 2. The largest absolute Gasteiger partial charge is 0.486 e. The first-order valence-corrected chi connectivity index (χ1v) is 10.6. The van der Waals surface area contributed by atoms with Gasteiger partial charge in [0, 0.05) is 37.6 Å². The summed E-state index contributed by atoms with van der Waals surface area (Å²) in [6.45, 7) is 5.76. The quantitative estimate of drug-likeness (QED) is 0.505.